The minimum absolute atomic E-state index is 0.135. The molecule has 180 valence electrons. The van der Waals surface area contributed by atoms with Gasteiger partial charge in [-0.1, -0.05) is 30.3 Å². The molecule has 0 aliphatic carbocycles. The molecule has 0 saturated carbocycles. The van der Waals surface area contributed by atoms with Crippen LogP contribution in [0, 0.1) is 0 Å². The standard InChI is InChI=1S/C24H25F3N4O3/c1-30(11-5-6-13-34-20-10-9-18(15-28-20)24(25,26)27)23(32)22-21(17-7-3-2-4-8-17)19-16-33-14-12-31(19)29-22/h2-4,7-10,15H,5-6,11-14,16H2,1H3. The van der Waals surface area contributed by atoms with Crippen LogP contribution in [-0.4, -0.2) is 52.4 Å². The van der Waals surface area contributed by atoms with Crippen molar-refractivity contribution < 1.29 is 27.4 Å². The summed E-state index contributed by atoms with van der Waals surface area (Å²) in [7, 11) is 1.73. The van der Waals surface area contributed by atoms with Crippen molar-refractivity contribution >= 4 is 5.91 Å². The van der Waals surface area contributed by atoms with Crippen molar-refractivity contribution in [2.75, 3.05) is 26.8 Å². The van der Waals surface area contributed by atoms with Crippen molar-refractivity contribution in [3.05, 3.63) is 65.6 Å². The highest BCUT2D eigenvalue weighted by atomic mass is 19.4. The number of nitrogens with zero attached hydrogens (tertiary/aromatic N) is 4. The molecule has 1 aromatic carbocycles. The highest BCUT2D eigenvalue weighted by Crippen LogP contribution is 2.31. The van der Waals surface area contributed by atoms with Gasteiger partial charge in [-0.25, -0.2) is 4.98 Å². The fourth-order valence-corrected chi connectivity index (χ4v) is 3.75. The number of alkyl halides is 3. The summed E-state index contributed by atoms with van der Waals surface area (Å²) in [6.07, 6.45) is -2.41. The number of benzene rings is 1. The first-order valence-electron chi connectivity index (χ1n) is 11.0. The number of pyridine rings is 1. The molecule has 0 spiro atoms. The number of carbonyl (C=O) groups excluding carboxylic acids is 1. The summed E-state index contributed by atoms with van der Waals surface area (Å²) < 4.78 is 50.7. The second-order valence-electron chi connectivity index (χ2n) is 7.98. The lowest BCUT2D eigenvalue weighted by molar-refractivity contribution is -0.137. The molecule has 4 rings (SSSR count). The predicted molar refractivity (Wildman–Crippen MR) is 118 cm³/mol. The largest absolute Gasteiger partial charge is 0.478 e. The van der Waals surface area contributed by atoms with Crippen molar-refractivity contribution in [2.24, 2.45) is 0 Å². The Morgan fingerprint density at radius 3 is 2.68 bits per heavy atom. The molecule has 0 atom stereocenters. The summed E-state index contributed by atoms with van der Waals surface area (Å²) in [6.45, 7) is 2.33. The van der Waals surface area contributed by atoms with E-state index in [2.05, 4.69) is 10.1 Å². The maximum absolute atomic E-state index is 13.2. The topological polar surface area (TPSA) is 69.5 Å². The lowest BCUT2D eigenvalue weighted by Crippen LogP contribution is -2.29. The zero-order chi connectivity index (χ0) is 24.1. The molecule has 0 saturated heterocycles. The molecule has 0 radical (unpaired) electrons. The molecule has 34 heavy (non-hydrogen) atoms. The first-order valence-corrected chi connectivity index (χ1v) is 11.0. The number of ether oxygens (including phenoxy) is 2. The van der Waals surface area contributed by atoms with E-state index in [1.165, 1.54) is 6.07 Å². The highest BCUT2D eigenvalue weighted by Gasteiger charge is 2.31. The smallest absolute Gasteiger partial charge is 0.417 e. The fraction of sp³-hybridized carbons (Fsp3) is 0.375. The first-order chi connectivity index (χ1) is 16.3. The van der Waals surface area contributed by atoms with E-state index in [9.17, 15) is 18.0 Å². The number of amides is 1. The maximum Gasteiger partial charge on any atom is 0.417 e. The molecular formula is C24H25F3N4O3. The van der Waals surface area contributed by atoms with E-state index in [1.807, 2.05) is 35.0 Å². The Bertz CT molecular complexity index is 1110. The van der Waals surface area contributed by atoms with E-state index in [1.54, 1.807) is 11.9 Å². The third kappa shape index (κ3) is 5.39. The van der Waals surface area contributed by atoms with Crippen molar-refractivity contribution in [3.8, 4) is 17.0 Å². The van der Waals surface area contributed by atoms with E-state index < -0.39 is 11.7 Å². The van der Waals surface area contributed by atoms with Gasteiger partial charge in [0.15, 0.2) is 5.69 Å². The number of carbonyl (C=O) groups is 1. The van der Waals surface area contributed by atoms with Gasteiger partial charge in [-0.2, -0.15) is 18.3 Å². The molecule has 0 N–H and O–H groups in total. The van der Waals surface area contributed by atoms with Crippen LogP contribution in [-0.2, 0) is 24.1 Å². The van der Waals surface area contributed by atoms with Crippen LogP contribution in [0.25, 0.3) is 11.1 Å². The molecule has 10 heteroatoms. The second-order valence-corrected chi connectivity index (χ2v) is 7.98. The molecule has 1 amide bonds. The molecule has 1 aliphatic rings. The minimum atomic E-state index is -4.43. The quantitative estimate of drug-likeness (QED) is 0.452. The van der Waals surface area contributed by atoms with E-state index in [0.29, 0.717) is 44.8 Å². The molecule has 0 fully saturated rings. The van der Waals surface area contributed by atoms with Gasteiger partial charge < -0.3 is 14.4 Å². The van der Waals surface area contributed by atoms with Crippen LogP contribution in [0.15, 0.2) is 48.7 Å². The number of rotatable bonds is 8. The predicted octanol–water partition coefficient (Wildman–Crippen LogP) is 4.43. The average Bonchev–Trinajstić information content (AvgIpc) is 3.23. The Hall–Kier alpha value is -3.40. The van der Waals surface area contributed by atoms with Gasteiger partial charge in [-0.15, -0.1) is 0 Å². The zero-order valence-corrected chi connectivity index (χ0v) is 18.7. The third-order valence-electron chi connectivity index (χ3n) is 5.56. The Labute approximate surface area is 195 Å². The molecule has 3 heterocycles. The summed E-state index contributed by atoms with van der Waals surface area (Å²) in [4.78, 5) is 18.5. The van der Waals surface area contributed by atoms with Crippen molar-refractivity contribution in [1.82, 2.24) is 19.7 Å². The van der Waals surface area contributed by atoms with Crippen molar-refractivity contribution in [2.45, 2.75) is 32.2 Å². The van der Waals surface area contributed by atoms with Crippen LogP contribution in [0.5, 0.6) is 5.88 Å². The van der Waals surface area contributed by atoms with Gasteiger partial charge in [0, 0.05) is 31.4 Å². The van der Waals surface area contributed by atoms with Crippen LogP contribution in [0.3, 0.4) is 0 Å². The van der Waals surface area contributed by atoms with Gasteiger partial charge in [-0.05, 0) is 24.5 Å². The van der Waals surface area contributed by atoms with Crippen molar-refractivity contribution in [1.29, 1.82) is 0 Å². The van der Waals surface area contributed by atoms with E-state index >= 15 is 0 Å². The Kier molecular flexibility index (Phi) is 7.16. The number of halogens is 3. The van der Waals surface area contributed by atoms with Gasteiger partial charge >= 0.3 is 6.18 Å². The summed E-state index contributed by atoms with van der Waals surface area (Å²) in [5.74, 6) is -0.0400. The lowest BCUT2D eigenvalue weighted by atomic mass is 10.0. The van der Waals surface area contributed by atoms with Crippen molar-refractivity contribution in [3.63, 3.8) is 0 Å². The number of hydrogen-bond donors (Lipinski definition) is 0. The minimum Gasteiger partial charge on any atom is -0.478 e. The Morgan fingerprint density at radius 2 is 1.97 bits per heavy atom. The average molecular weight is 474 g/mol. The van der Waals surface area contributed by atoms with Crippen LogP contribution in [0.2, 0.25) is 0 Å². The van der Waals surface area contributed by atoms with Crippen LogP contribution in [0.1, 0.15) is 34.6 Å². The molecule has 0 unspecified atom stereocenters. The SMILES string of the molecule is CN(CCCCOc1ccc(C(F)(F)F)cn1)C(=O)c1nn2c(c1-c1ccccc1)COCC2. The first kappa shape index (κ1) is 23.7. The summed E-state index contributed by atoms with van der Waals surface area (Å²) in [6, 6.07) is 11.8. The molecule has 0 bridgehead atoms. The third-order valence-corrected chi connectivity index (χ3v) is 5.56. The summed E-state index contributed by atoms with van der Waals surface area (Å²) in [5, 5.41) is 4.59. The number of hydrogen-bond acceptors (Lipinski definition) is 5. The number of unbranched alkanes of at least 4 members (excludes halogenated alkanes) is 1. The van der Waals surface area contributed by atoms with Gasteiger partial charge in [0.05, 0.1) is 37.6 Å². The zero-order valence-electron chi connectivity index (χ0n) is 18.7. The number of fused-ring (bicyclic) bond motifs is 1. The summed E-state index contributed by atoms with van der Waals surface area (Å²) in [5.41, 5.74) is 2.20. The van der Waals surface area contributed by atoms with Crippen LogP contribution < -0.4 is 4.74 Å². The highest BCUT2D eigenvalue weighted by molar-refractivity contribution is 5.99. The van der Waals surface area contributed by atoms with Gasteiger partial charge in [0.2, 0.25) is 5.88 Å². The molecule has 1 aliphatic heterocycles. The van der Waals surface area contributed by atoms with E-state index in [0.717, 1.165) is 29.1 Å². The molecule has 3 aromatic rings. The molecule has 2 aromatic heterocycles. The van der Waals surface area contributed by atoms with Gasteiger partial charge in [-0.3, -0.25) is 9.48 Å². The van der Waals surface area contributed by atoms with E-state index in [-0.39, 0.29) is 18.4 Å². The number of aromatic nitrogens is 3. The lowest BCUT2D eigenvalue weighted by Gasteiger charge is -2.17. The van der Waals surface area contributed by atoms with Crippen LogP contribution >= 0.6 is 0 Å². The second kappa shape index (κ2) is 10.3. The van der Waals surface area contributed by atoms with E-state index in [4.69, 9.17) is 9.47 Å². The fourth-order valence-electron chi connectivity index (χ4n) is 3.75. The Balaban J connectivity index is 1.33. The monoisotopic (exact) mass is 474 g/mol. The molecular weight excluding hydrogens is 449 g/mol. The van der Waals surface area contributed by atoms with Crippen LogP contribution in [0.4, 0.5) is 13.2 Å². The normalized spacial score (nSPS) is 13.4. The summed E-state index contributed by atoms with van der Waals surface area (Å²) >= 11 is 0. The maximum atomic E-state index is 13.2. The van der Waals surface area contributed by atoms with Gasteiger partial charge in [0.1, 0.15) is 0 Å². The Morgan fingerprint density at radius 1 is 1.18 bits per heavy atom. The molecule has 7 nitrogen and oxygen atoms in total. The van der Waals surface area contributed by atoms with Gasteiger partial charge in [0.25, 0.3) is 5.91 Å².